The van der Waals surface area contributed by atoms with Gasteiger partial charge in [-0.3, -0.25) is 4.79 Å². The normalized spacial score (nSPS) is 36.4. The molecule has 0 saturated heterocycles. The Kier molecular flexibility index (Phi) is 7.49. The molecule has 0 unspecified atom stereocenters. The van der Waals surface area contributed by atoms with Crippen LogP contribution in [0.25, 0.3) is 0 Å². The standard InChI is InChI=1S/C27H44O5/c1-18(2)9-7-12-26-13-8-11-25(5,6)24(26)22(32-20(4)28)15-19(3)27(26,30)14-10-21-16-23(29)31-17-21/h16,18-19,22,24,30H,7-15,17H2,1-6H3/t19-,22-,24+,26+,27-/m1/s1. The third-order valence-corrected chi connectivity index (χ3v) is 8.79. The van der Waals surface area contributed by atoms with Gasteiger partial charge in [-0.15, -0.1) is 0 Å². The molecule has 182 valence electrons. The minimum Gasteiger partial charge on any atom is -0.462 e. The second-order valence-electron chi connectivity index (χ2n) is 11.9. The second kappa shape index (κ2) is 9.48. The first-order valence-electron chi connectivity index (χ1n) is 12.7. The molecule has 3 rings (SSSR count). The summed E-state index contributed by atoms with van der Waals surface area (Å²) in [6.45, 7) is 13.1. The summed E-state index contributed by atoms with van der Waals surface area (Å²) in [6, 6.07) is 0. The molecule has 0 spiro atoms. The maximum atomic E-state index is 12.6. The van der Waals surface area contributed by atoms with Gasteiger partial charge in [0.1, 0.15) is 12.7 Å². The Morgan fingerprint density at radius 2 is 2.00 bits per heavy atom. The van der Waals surface area contributed by atoms with Crippen LogP contribution in [-0.4, -0.2) is 35.4 Å². The van der Waals surface area contributed by atoms with Crippen molar-refractivity contribution in [3.8, 4) is 0 Å². The van der Waals surface area contributed by atoms with E-state index < -0.39 is 5.60 Å². The lowest BCUT2D eigenvalue weighted by Crippen LogP contribution is -2.68. The Labute approximate surface area is 194 Å². The monoisotopic (exact) mass is 448 g/mol. The number of carbonyl (C=O) groups excluding carboxylic acids is 2. The quantitative estimate of drug-likeness (QED) is 0.490. The Morgan fingerprint density at radius 1 is 1.28 bits per heavy atom. The number of rotatable bonds is 8. The van der Waals surface area contributed by atoms with Crippen molar-refractivity contribution in [2.75, 3.05) is 6.61 Å². The van der Waals surface area contributed by atoms with E-state index in [1.165, 1.54) is 6.92 Å². The van der Waals surface area contributed by atoms with E-state index in [2.05, 4.69) is 34.6 Å². The van der Waals surface area contributed by atoms with E-state index in [0.29, 0.717) is 31.8 Å². The van der Waals surface area contributed by atoms with Gasteiger partial charge in [-0.25, -0.2) is 4.79 Å². The van der Waals surface area contributed by atoms with E-state index >= 15 is 0 Å². The predicted octanol–water partition coefficient (Wildman–Crippen LogP) is 5.59. The molecule has 0 amide bonds. The van der Waals surface area contributed by atoms with Gasteiger partial charge in [0.2, 0.25) is 0 Å². The molecule has 5 heteroatoms. The molecular formula is C27H44O5. The van der Waals surface area contributed by atoms with Crippen LogP contribution in [0.1, 0.15) is 99.3 Å². The number of fused-ring (bicyclic) bond motifs is 1. The lowest BCUT2D eigenvalue weighted by molar-refractivity contribution is -0.259. The maximum absolute atomic E-state index is 12.6. The number of hydrogen-bond acceptors (Lipinski definition) is 5. The van der Waals surface area contributed by atoms with Crippen molar-refractivity contribution in [2.24, 2.45) is 28.6 Å². The molecule has 1 aliphatic heterocycles. The van der Waals surface area contributed by atoms with Crippen molar-refractivity contribution in [3.63, 3.8) is 0 Å². The van der Waals surface area contributed by atoms with Gasteiger partial charge >= 0.3 is 11.9 Å². The lowest BCUT2D eigenvalue weighted by atomic mass is 9.41. The average molecular weight is 449 g/mol. The number of ether oxygens (including phenoxy) is 2. The summed E-state index contributed by atoms with van der Waals surface area (Å²) in [4.78, 5) is 23.6. The molecule has 32 heavy (non-hydrogen) atoms. The van der Waals surface area contributed by atoms with E-state index in [0.717, 1.165) is 44.1 Å². The highest BCUT2D eigenvalue weighted by atomic mass is 16.5. The summed E-state index contributed by atoms with van der Waals surface area (Å²) in [5.41, 5.74) is -0.210. The molecule has 1 N–H and O–H groups in total. The van der Waals surface area contributed by atoms with Gasteiger partial charge in [-0.05, 0) is 61.3 Å². The van der Waals surface area contributed by atoms with Crippen molar-refractivity contribution < 1.29 is 24.2 Å². The molecule has 0 bridgehead atoms. The number of cyclic esters (lactones) is 1. The zero-order chi connectivity index (χ0) is 23.7. The second-order valence-corrected chi connectivity index (χ2v) is 11.9. The predicted molar refractivity (Wildman–Crippen MR) is 125 cm³/mol. The van der Waals surface area contributed by atoms with Gasteiger partial charge in [0.25, 0.3) is 0 Å². The zero-order valence-electron chi connectivity index (χ0n) is 21.0. The van der Waals surface area contributed by atoms with E-state index in [9.17, 15) is 14.7 Å². The Bertz CT molecular complexity index is 738. The van der Waals surface area contributed by atoms with Crippen LogP contribution in [0.15, 0.2) is 11.6 Å². The third kappa shape index (κ3) is 4.78. The molecule has 0 aromatic rings. The summed E-state index contributed by atoms with van der Waals surface area (Å²) in [6.07, 6.45) is 9.68. The van der Waals surface area contributed by atoms with Crippen molar-refractivity contribution >= 4 is 11.9 Å². The Hall–Kier alpha value is -1.36. The summed E-state index contributed by atoms with van der Waals surface area (Å²) in [5.74, 6) is 0.247. The molecule has 0 aromatic heterocycles. The van der Waals surface area contributed by atoms with E-state index in [4.69, 9.17) is 9.47 Å². The van der Waals surface area contributed by atoms with Crippen molar-refractivity contribution in [2.45, 2.75) is 111 Å². The van der Waals surface area contributed by atoms with Gasteiger partial charge in [0, 0.05) is 24.3 Å². The highest BCUT2D eigenvalue weighted by Gasteiger charge is 2.66. The fourth-order valence-electron chi connectivity index (χ4n) is 7.49. The number of carbonyl (C=O) groups is 2. The largest absolute Gasteiger partial charge is 0.462 e. The molecule has 1 heterocycles. The molecule has 0 aromatic carbocycles. The molecular weight excluding hydrogens is 404 g/mol. The van der Waals surface area contributed by atoms with Gasteiger partial charge in [0.05, 0.1) is 5.60 Å². The summed E-state index contributed by atoms with van der Waals surface area (Å²) < 4.78 is 11.1. The van der Waals surface area contributed by atoms with Crippen molar-refractivity contribution in [1.29, 1.82) is 0 Å². The molecule has 2 saturated carbocycles. The highest BCUT2D eigenvalue weighted by molar-refractivity contribution is 5.85. The number of aliphatic hydroxyl groups is 1. The first kappa shape index (κ1) is 25.3. The first-order valence-corrected chi connectivity index (χ1v) is 12.7. The SMILES string of the molecule is CC(=O)O[C@@H]1C[C@@H](C)[C@](O)(CCC2=CC(=O)OC2)[C@@]2(CCCC(C)C)CCCC(C)(C)[C@H]12. The smallest absolute Gasteiger partial charge is 0.331 e. The third-order valence-electron chi connectivity index (χ3n) is 8.79. The van der Waals surface area contributed by atoms with Crippen LogP contribution in [0, 0.1) is 28.6 Å². The van der Waals surface area contributed by atoms with Crippen LogP contribution >= 0.6 is 0 Å². The fourth-order valence-corrected chi connectivity index (χ4v) is 7.49. The summed E-state index contributed by atoms with van der Waals surface area (Å²) in [7, 11) is 0. The van der Waals surface area contributed by atoms with Gasteiger partial charge in [0.15, 0.2) is 0 Å². The van der Waals surface area contributed by atoms with Crippen LogP contribution in [0.4, 0.5) is 0 Å². The zero-order valence-corrected chi connectivity index (χ0v) is 21.0. The first-order chi connectivity index (χ1) is 14.9. The molecule has 2 aliphatic carbocycles. The molecule has 2 fully saturated rings. The molecule has 0 radical (unpaired) electrons. The van der Waals surface area contributed by atoms with Crippen LogP contribution in [0.5, 0.6) is 0 Å². The van der Waals surface area contributed by atoms with Crippen LogP contribution in [0.2, 0.25) is 0 Å². The minimum atomic E-state index is -0.866. The maximum Gasteiger partial charge on any atom is 0.331 e. The lowest BCUT2D eigenvalue weighted by Gasteiger charge is -2.66. The van der Waals surface area contributed by atoms with E-state index in [1.54, 1.807) is 6.08 Å². The van der Waals surface area contributed by atoms with Crippen molar-refractivity contribution in [1.82, 2.24) is 0 Å². The van der Waals surface area contributed by atoms with Gasteiger partial charge in [-0.2, -0.15) is 0 Å². The van der Waals surface area contributed by atoms with Gasteiger partial charge < -0.3 is 14.6 Å². The van der Waals surface area contributed by atoms with Crippen LogP contribution in [-0.2, 0) is 19.1 Å². The summed E-state index contributed by atoms with van der Waals surface area (Å²) >= 11 is 0. The number of hydrogen-bond donors (Lipinski definition) is 1. The minimum absolute atomic E-state index is 0.00896. The fraction of sp³-hybridized carbons (Fsp3) is 0.852. The average Bonchev–Trinajstić information content (AvgIpc) is 3.08. The van der Waals surface area contributed by atoms with Crippen molar-refractivity contribution in [3.05, 3.63) is 11.6 Å². The van der Waals surface area contributed by atoms with E-state index in [1.807, 2.05) is 0 Å². The topological polar surface area (TPSA) is 72.8 Å². The van der Waals surface area contributed by atoms with Crippen LogP contribution < -0.4 is 0 Å². The van der Waals surface area contributed by atoms with E-state index in [-0.39, 0.29) is 40.7 Å². The molecule has 5 atom stereocenters. The molecule has 5 nitrogen and oxygen atoms in total. The Morgan fingerprint density at radius 3 is 2.59 bits per heavy atom. The van der Waals surface area contributed by atoms with Gasteiger partial charge in [-0.1, -0.05) is 53.9 Å². The summed E-state index contributed by atoms with van der Waals surface area (Å²) in [5, 5.41) is 12.6. The van der Waals surface area contributed by atoms with Crippen LogP contribution in [0.3, 0.4) is 0 Å². The Balaban J connectivity index is 2.01. The highest BCUT2D eigenvalue weighted by Crippen LogP contribution is 2.66. The number of esters is 2. The molecule has 3 aliphatic rings.